The number of hydrogen-bond acceptors (Lipinski definition) is 4. The van der Waals surface area contributed by atoms with E-state index in [-0.39, 0.29) is 11.0 Å². The molecule has 0 radical (unpaired) electrons. The molecule has 2 heterocycles. The Balaban J connectivity index is 1.76. The van der Waals surface area contributed by atoms with E-state index in [2.05, 4.69) is 56.9 Å². The fraction of sp³-hybridized carbons (Fsp3) is 0.348. The molecule has 6 heteroatoms. The monoisotopic (exact) mass is 406 g/mol. The van der Waals surface area contributed by atoms with Crippen molar-refractivity contribution in [1.82, 2.24) is 19.2 Å². The quantitative estimate of drug-likeness (QED) is 0.459. The van der Waals surface area contributed by atoms with Gasteiger partial charge in [-0.3, -0.25) is 13.8 Å². The van der Waals surface area contributed by atoms with E-state index in [0.717, 1.165) is 16.4 Å². The van der Waals surface area contributed by atoms with Crippen LogP contribution in [0.3, 0.4) is 0 Å². The summed E-state index contributed by atoms with van der Waals surface area (Å²) in [6.07, 6.45) is 0. The first-order chi connectivity index (χ1) is 13.7. The number of hydrogen-bond donors (Lipinski definition) is 0. The molecule has 0 atom stereocenters. The van der Waals surface area contributed by atoms with E-state index in [1.165, 1.54) is 22.3 Å². The maximum absolute atomic E-state index is 12.6. The molecule has 0 aliphatic heterocycles. The summed E-state index contributed by atoms with van der Waals surface area (Å²) in [5, 5.41) is 10.2. The van der Waals surface area contributed by atoms with Gasteiger partial charge >= 0.3 is 0 Å². The van der Waals surface area contributed by atoms with Crippen molar-refractivity contribution in [2.45, 2.75) is 50.9 Å². The van der Waals surface area contributed by atoms with Crippen molar-refractivity contribution in [2.75, 3.05) is 0 Å². The zero-order valence-electron chi connectivity index (χ0n) is 17.8. The molecule has 0 spiro atoms. The summed E-state index contributed by atoms with van der Waals surface area (Å²) in [7, 11) is 1.74. The Bertz CT molecular complexity index is 1270. The van der Waals surface area contributed by atoms with Crippen molar-refractivity contribution in [1.29, 1.82) is 0 Å². The van der Waals surface area contributed by atoms with Gasteiger partial charge in [-0.25, -0.2) is 0 Å². The van der Waals surface area contributed by atoms with Crippen LogP contribution in [0, 0.1) is 13.8 Å². The molecule has 0 N–H and O–H groups in total. The lowest BCUT2D eigenvalue weighted by atomic mass is 9.84. The summed E-state index contributed by atoms with van der Waals surface area (Å²) in [6, 6.07) is 12.2. The number of fused-ring (bicyclic) bond motifs is 3. The molecule has 2 aromatic carbocycles. The number of para-hydroxylation sites is 1. The Labute approximate surface area is 174 Å². The third kappa shape index (κ3) is 3.35. The number of aryl methyl sites for hydroxylation is 3. The van der Waals surface area contributed by atoms with E-state index in [4.69, 9.17) is 0 Å². The zero-order chi connectivity index (χ0) is 20.9. The largest absolute Gasteiger partial charge is 0.279 e. The van der Waals surface area contributed by atoms with Gasteiger partial charge in [-0.05, 0) is 53.6 Å². The van der Waals surface area contributed by atoms with Crippen molar-refractivity contribution >= 4 is 28.4 Å². The van der Waals surface area contributed by atoms with E-state index in [1.54, 1.807) is 23.4 Å². The van der Waals surface area contributed by atoms with Crippen LogP contribution < -0.4 is 5.56 Å². The summed E-state index contributed by atoms with van der Waals surface area (Å²) in [6.45, 7) is 11.1. The molecule has 0 saturated carbocycles. The molecule has 0 amide bonds. The summed E-state index contributed by atoms with van der Waals surface area (Å²) >= 11 is 1.65. The molecular formula is C23H26N4OS. The van der Waals surface area contributed by atoms with E-state index in [9.17, 15) is 4.79 Å². The van der Waals surface area contributed by atoms with E-state index >= 15 is 0 Å². The molecule has 2 aromatic heterocycles. The second kappa shape index (κ2) is 7.02. The molecule has 4 rings (SSSR count). The summed E-state index contributed by atoms with van der Waals surface area (Å²) in [5.41, 5.74) is 6.20. The average molecular weight is 407 g/mol. The van der Waals surface area contributed by atoms with Gasteiger partial charge in [0.15, 0.2) is 5.16 Å². The van der Waals surface area contributed by atoms with Gasteiger partial charge in [0.05, 0.1) is 10.9 Å². The number of aromatic nitrogens is 4. The molecular weight excluding hydrogens is 380 g/mol. The molecule has 0 bridgehead atoms. The number of nitrogens with zero attached hydrogens (tertiary/aromatic N) is 4. The lowest BCUT2D eigenvalue weighted by Gasteiger charge is -2.22. The third-order valence-electron chi connectivity index (χ3n) is 5.50. The summed E-state index contributed by atoms with van der Waals surface area (Å²) < 4.78 is 3.55. The minimum atomic E-state index is -0.0542. The van der Waals surface area contributed by atoms with Crippen LogP contribution in [0.1, 0.15) is 43.0 Å². The predicted octanol–water partition coefficient (Wildman–Crippen LogP) is 4.79. The molecule has 0 fully saturated rings. The van der Waals surface area contributed by atoms with Crippen molar-refractivity contribution in [2.24, 2.45) is 7.05 Å². The lowest BCUT2D eigenvalue weighted by Crippen LogP contribution is -2.20. The molecule has 0 aliphatic carbocycles. The van der Waals surface area contributed by atoms with Crippen LogP contribution in [0.2, 0.25) is 0 Å². The van der Waals surface area contributed by atoms with Gasteiger partial charge in [-0.15, -0.1) is 10.2 Å². The van der Waals surface area contributed by atoms with Gasteiger partial charge in [0.1, 0.15) is 0 Å². The maximum atomic E-state index is 12.6. The topological polar surface area (TPSA) is 52.2 Å². The van der Waals surface area contributed by atoms with Crippen molar-refractivity contribution < 1.29 is 0 Å². The van der Waals surface area contributed by atoms with E-state index in [0.29, 0.717) is 11.2 Å². The molecule has 0 unspecified atom stereocenters. The molecule has 0 saturated heterocycles. The van der Waals surface area contributed by atoms with Crippen LogP contribution in [-0.4, -0.2) is 19.2 Å². The Morgan fingerprint density at radius 1 is 1.03 bits per heavy atom. The molecule has 150 valence electrons. The first kappa shape index (κ1) is 19.7. The first-order valence-corrected chi connectivity index (χ1v) is 10.7. The average Bonchev–Trinajstić information content (AvgIpc) is 3.09. The second-order valence-corrected chi connectivity index (χ2v) is 9.57. The molecule has 4 aromatic rings. The number of rotatable bonds is 3. The molecule has 0 aliphatic rings. The highest BCUT2D eigenvalue weighted by Gasteiger charge is 2.18. The van der Waals surface area contributed by atoms with Crippen molar-refractivity contribution in [3.63, 3.8) is 0 Å². The molecule has 5 nitrogen and oxygen atoms in total. The predicted molar refractivity (Wildman–Crippen MR) is 120 cm³/mol. The van der Waals surface area contributed by atoms with Crippen LogP contribution in [0.4, 0.5) is 0 Å². The Kier molecular flexibility index (Phi) is 4.77. The van der Waals surface area contributed by atoms with Gasteiger partial charge in [0, 0.05) is 12.8 Å². The highest BCUT2D eigenvalue weighted by Crippen LogP contribution is 2.31. The fourth-order valence-electron chi connectivity index (χ4n) is 3.70. The van der Waals surface area contributed by atoms with Crippen LogP contribution in [-0.2, 0) is 18.2 Å². The Hall–Kier alpha value is -2.60. The summed E-state index contributed by atoms with van der Waals surface area (Å²) in [5.74, 6) is 1.37. The number of thioether (sulfide) groups is 1. The van der Waals surface area contributed by atoms with Gasteiger partial charge in [-0.1, -0.05) is 56.8 Å². The smallest absolute Gasteiger partial charge is 0.262 e. The van der Waals surface area contributed by atoms with Crippen LogP contribution in [0.25, 0.3) is 16.7 Å². The summed E-state index contributed by atoms with van der Waals surface area (Å²) in [4.78, 5) is 12.6. The fourth-order valence-corrected chi connectivity index (χ4v) is 4.83. The van der Waals surface area contributed by atoms with E-state index < -0.39 is 0 Å². The zero-order valence-corrected chi connectivity index (χ0v) is 18.6. The Morgan fingerprint density at radius 3 is 2.34 bits per heavy atom. The van der Waals surface area contributed by atoms with Gasteiger partial charge in [0.25, 0.3) is 5.56 Å². The van der Waals surface area contributed by atoms with Crippen molar-refractivity contribution in [3.8, 4) is 0 Å². The number of benzene rings is 2. The minimum absolute atomic E-state index is 0.0542. The first-order valence-electron chi connectivity index (χ1n) is 9.74. The normalized spacial score (nSPS) is 12.2. The van der Waals surface area contributed by atoms with Crippen LogP contribution in [0.15, 0.2) is 46.3 Å². The Morgan fingerprint density at radius 2 is 1.69 bits per heavy atom. The third-order valence-corrected chi connectivity index (χ3v) is 6.46. The molecule has 29 heavy (non-hydrogen) atoms. The SMILES string of the molecule is Cc1cc(C(C)(C)C)cc(C)c1CSc1nnc2n(C)c(=O)c3ccccc3n12. The maximum Gasteiger partial charge on any atom is 0.262 e. The van der Waals surface area contributed by atoms with Crippen molar-refractivity contribution in [3.05, 3.63) is 69.0 Å². The van der Waals surface area contributed by atoms with Crippen LogP contribution in [0.5, 0.6) is 0 Å². The second-order valence-electron chi connectivity index (χ2n) is 8.63. The van der Waals surface area contributed by atoms with E-state index in [1.807, 2.05) is 28.7 Å². The van der Waals surface area contributed by atoms with Crippen LogP contribution >= 0.6 is 11.8 Å². The minimum Gasteiger partial charge on any atom is -0.279 e. The van der Waals surface area contributed by atoms with Gasteiger partial charge < -0.3 is 0 Å². The highest BCUT2D eigenvalue weighted by molar-refractivity contribution is 7.98. The van der Waals surface area contributed by atoms with Gasteiger partial charge in [-0.2, -0.15) is 0 Å². The highest BCUT2D eigenvalue weighted by atomic mass is 32.2. The standard InChI is InChI=1S/C23H26N4OS/c1-14-11-16(23(3,4)5)12-15(2)18(14)13-29-22-25-24-21-26(6)20(28)17-9-7-8-10-19(17)27(21)22/h7-12H,13H2,1-6H3. The lowest BCUT2D eigenvalue weighted by molar-refractivity contribution is 0.589. The van der Waals surface area contributed by atoms with Gasteiger partial charge in [0.2, 0.25) is 5.78 Å².